The summed E-state index contributed by atoms with van der Waals surface area (Å²) in [6.07, 6.45) is 0. The fraction of sp³-hybridized carbons (Fsp3) is 0. The smallest absolute Gasteiger partial charge is 0.228 e. The van der Waals surface area contributed by atoms with E-state index >= 15 is 0 Å². The van der Waals surface area contributed by atoms with Crippen LogP contribution in [0.5, 0.6) is 0 Å². The van der Waals surface area contributed by atoms with Crippen molar-refractivity contribution in [3.05, 3.63) is 0 Å². The number of oxime groups is 1. The van der Waals surface area contributed by atoms with Crippen LogP contribution in [0.3, 0.4) is 0 Å². The summed E-state index contributed by atoms with van der Waals surface area (Å²) < 4.78 is 0. The highest BCUT2D eigenvalue weighted by Crippen LogP contribution is 1.39. The third kappa shape index (κ3) is 63.4. The summed E-state index contributed by atoms with van der Waals surface area (Å²) in [5.74, 6) is 4.04. The number of rotatable bonds is 0. The van der Waals surface area contributed by atoms with Crippen molar-refractivity contribution in [3.8, 4) is 0 Å². The molecule has 0 aliphatic carbocycles. The van der Waals surface area contributed by atoms with E-state index < -0.39 is 0 Å². The summed E-state index contributed by atoms with van der Waals surface area (Å²) in [6, 6.07) is 0. The molecular weight excluding hydrogens is 152 g/mol. The summed E-state index contributed by atoms with van der Waals surface area (Å²) >= 11 is 0. The van der Waals surface area contributed by atoms with E-state index in [0.29, 0.717) is 0 Å². The minimum Gasteiger partial charge on any atom is -0.408 e. The number of hydrogen-bond acceptors (Lipinski definition) is 5. The molecule has 0 atom stereocenters. The molecule has 0 aliphatic rings. The van der Waals surface area contributed by atoms with Crippen LogP contribution in [0.25, 0.3) is 0 Å². The van der Waals surface area contributed by atoms with E-state index in [1.807, 2.05) is 5.43 Å². The molecule has 0 heterocycles. The predicted molar refractivity (Wildman–Crippen MR) is 41.9 cm³/mol. The first-order valence-electron chi connectivity index (χ1n) is 2.08. The quantitative estimate of drug-likeness (QED) is 0.0620. The average Bonchev–Trinajstić information content (AvgIpc) is 1.89. The Morgan fingerprint density at radius 2 is 1.55 bits per heavy atom. The molecule has 9 nitrogen and oxygen atoms in total. The molecule has 0 aliphatic heterocycles. The van der Waals surface area contributed by atoms with Crippen molar-refractivity contribution in [1.29, 1.82) is 5.41 Å². The van der Waals surface area contributed by atoms with Crippen molar-refractivity contribution in [3.63, 3.8) is 0 Å². The van der Waals surface area contributed by atoms with Gasteiger partial charge < -0.3 is 28.6 Å². The molecule has 0 bridgehead atoms. The summed E-state index contributed by atoms with van der Waals surface area (Å²) in [7, 11) is 0. The summed E-state index contributed by atoms with van der Waals surface area (Å²) in [5.41, 5.74) is 15.7. The van der Waals surface area contributed by atoms with Crippen molar-refractivity contribution in [1.82, 2.24) is 11.6 Å². The van der Waals surface area contributed by atoms with Crippen LogP contribution in [0.4, 0.5) is 0 Å². The van der Waals surface area contributed by atoms with Gasteiger partial charge in [-0.05, 0) is 0 Å². The van der Waals surface area contributed by atoms with Gasteiger partial charge in [0.2, 0.25) is 5.96 Å². The lowest BCUT2D eigenvalue weighted by atomic mass is 11.1. The van der Waals surface area contributed by atoms with E-state index in [4.69, 9.17) is 10.6 Å². The lowest BCUT2D eigenvalue weighted by Gasteiger charge is -1.85. The largest absolute Gasteiger partial charge is 0.408 e. The third-order valence-corrected chi connectivity index (χ3v) is 0.271. The van der Waals surface area contributed by atoms with Gasteiger partial charge in [-0.25, -0.2) is 5.84 Å². The lowest BCUT2D eigenvalue weighted by Crippen LogP contribution is -2.35. The van der Waals surface area contributed by atoms with E-state index in [9.17, 15) is 0 Å². The maximum Gasteiger partial charge on any atom is 0.228 e. The normalized spacial score (nSPS) is 5.91. The van der Waals surface area contributed by atoms with Crippen molar-refractivity contribution < 1.29 is 5.21 Å². The molecule has 0 unspecified atom stereocenters. The number of guanidine groups is 2. The maximum absolute atomic E-state index is 7.48. The van der Waals surface area contributed by atoms with Gasteiger partial charge in [0.1, 0.15) is 0 Å². The molecule has 0 saturated carbocycles. The Labute approximate surface area is 63.5 Å². The zero-order valence-corrected chi connectivity index (χ0v) is 5.91. The molecule has 0 saturated heterocycles. The van der Waals surface area contributed by atoms with Crippen LogP contribution in [-0.4, -0.2) is 17.1 Å². The molecule has 14 N–H and O–H groups in total. The van der Waals surface area contributed by atoms with Crippen LogP contribution in [0.2, 0.25) is 0 Å². The van der Waals surface area contributed by atoms with Gasteiger partial charge in [-0.15, -0.1) is 0 Å². The monoisotopic (exact) mass is 166 g/mol. The summed E-state index contributed by atoms with van der Waals surface area (Å²) in [4.78, 5) is 0. The van der Waals surface area contributed by atoms with Gasteiger partial charge in [0, 0.05) is 0 Å². The molecular formula is C2H14N8O. The minimum absolute atomic E-state index is 0. The zero-order valence-electron chi connectivity index (χ0n) is 5.91. The molecule has 0 aromatic rings. The topological polar surface area (TPSA) is 208 Å². The summed E-state index contributed by atoms with van der Waals surface area (Å²) in [6.45, 7) is 0. The molecule has 0 aromatic heterocycles. The Morgan fingerprint density at radius 3 is 1.55 bits per heavy atom. The highest BCUT2D eigenvalue weighted by atomic mass is 16.4. The standard InChI is InChI=1S/CH6N4.CH5N3O.H3N/c2-1(3)5-4;2-1(3)4-5;/h4H2,(H4,2,3,5);5H,(H4,2,3,4);1H3. The minimum atomic E-state index is -0.315. The molecule has 68 valence electrons. The number of nitrogens with one attached hydrogen (secondary N) is 2. The Kier molecular flexibility index (Phi) is 16.3. The van der Waals surface area contributed by atoms with Gasteiger partial charge in [0.05, 0.1) is 0 Å². The van der Waals surface area contributed by atoms with Gasteiger partial charge in [-0.3, -0.25) is 10.8 Å². The Morgan fingerprint density at radius 1 is 1.36 bits per heavy atom. The maximum atomic E-state index is 7.48. The molecule has 0 rings (SSSR count). The van der Waals surface area contributed by atoms with E-state index in [2.05, 4.69) is 28.2 Å². The molecule has 11 heavy (non-hydrogen) atoms. The molecule has 0 amide bonds. The van der Waals surface area contributed by atoms with Crippen LogP contribution in [0, 0.1) is 5.41 Å². The van der Waals surface area contributed by atoms with Gasteiger partial charge >= 0.3 is 0 Å². The predicted octanol–water partition coefficient (Wildman–Crippen LogP) is -2.85. The van der Waals surface area contributed by atoms with E-state index in [-0.39, 0.29) is 18.1 Å². The second kappa shape index (κ2) is 11.1. The summed E-state index contributed by atoms with van der Waals surface area (Å²) in [5, 5.41) is 16.1. The number of hydrogen-bond donors (Lipinski definition) is 8. The van der Waals surface area contributed by atoms with Crippen LogP contribution < -0.4 is 34.6 Å². The zero-order chi connectivity index (χ0) is 8.57. The second-order valence-corrected chi connectivity index (χ2v) is 1.08. The first-order valence-corrected chi connectivity index (χ1v) is 2.08. The molecule has 0 aromatic carbocycles. The van der Waals surface area contributed by atoms with Crippen molar-refractivity contribution in [2.24, 2.45) is 28.2 Å². The SMILES string of the molecule is N.N=C(N)NN.NC(N)=NO. The van der Waals surface area contributed by atoms with Crippen molar-refractivity contribution >= 4 is 11.9 Å². The molecule has 0 fully saturated rings. The van der Waals surface area contributed by atoms with Crippen LogP contribution in [-0.2, 0) is 0 Å². The first-order chi connectivity index (χ1) is 4.54. The molecule has 0 radical (unpaired) electrons. The van der Waals surface area contributed by atoms with Crippen LogP contribution >= 0.6 is 0 Å². The van der Waals surface area contributed by atoms with Crippen molar-refractivity contribution in [2.75, 3.05) is 0 Å². The number of nitrogens with zero attached hydrogens (tertiary/aromatic N) is 1. The highest BCUT2D eigenvalue weighted by Gasteiger charge is 1.66. The van der Waals surface area contributed by atoms with Gasteiger partial charge in [0.25, 0.3) is 0 Å². The van der Waals surface area contributed by atoms with E-state index in [0.717, 1.165) is 0 Å². The molecule has 9 heteroatoms. The highest BCUT2D eigenvalue weighted by molar-refractivity contribution is 5.74. The Balaban J connectivity index is -0.000000107. The Bertz CT molecular complexity index is 115. The van der Waals surface area contributed by atoms with Crippen LogP contribution in [0.1, 0.15) is 0 Å². The van der Waals surface area contributed by atoms with Crippen LogP contribution in [0.15, 0.2) is 5.16 Å². The first kappa shape index (κ1) is 16.1. The number of nitrogens with two attached hydrogens (primary N) is 4. The second-order valence-electron chi connectivity index (χ2n) is 1.08. The van der Waals surface area contributed by atoms with E-state index in [1.54, 1.807) is 0 Å². The molecule has 0 spiro atoms. The fourth-order valence-corrected chi connectivity index (χ4v) is 0. The third-order valence-electron chi connectivity index (χ3n) is 0.271. The van der Waals surface area contributed by atoms with Gasteiger partial charge in [-0.2, -0.15) is 0 Å². The average molecular weight is 166 g/mol. The number of hydrazine groups is 1. The fourth-order valence-electron chi connectivity index (χ4n) is 0. The van der Waals surface area contributed by atoms with Gasteiger partial charge in [-0.1, -0.05) is 5.16 Å². The van der Waals surface area contributed by atoms with Gasteiger partial charge in [0.15, 0.2) is 5.96 Å². The van der Waals surface area contributed by atoms with Crippen molar-refractivity contribution in [2.45, 2.75) is 0 Å². The Hall–Kier alpha value is -1.74. The van der Waals surface area contributed by atoms with E-state index in [1.165, 1.54) is 0 Å². The lowest BCUT2D eigenvalue weighted by molar-refractivity contribution is 0.317.